The van der Waals surface area contributed by atoms with Gasteiger partial charge in [-0.15, -0.1) is 0 Å². The Balaban J connectivity index is 1.36. The molecule has 1 aliphatic heterocycles. The minimum absolute atomic E-state index is 0.340. The van der Waals surface area contributed by atoms with E-state index in [1.165, 1.54) is 38.5 Å². The molecule has 4 nitrogen and oxygen atoms in total. The Hall–Kier alpha value is -0.610. The molecule has 1 aliphatic carbocycles. The van der Waals surface area contributed by atoms with Crippen molar-refractivity contribution >= 4 is 5.97 Å². The van der Waals surface area contributed by atoms with Crippen molar-refractivity contribution in [1.29, 1.82) is 0 Å². The number of carboxylic acids is 1. The first-order valence-corrected chi connectivity index (χ1v) is 7.18. The fraction of sp³-hybridized carbons (Fsp3) is 0.929. The van der Waals surface area contributed by atoms with E-state index in [0.717, 1.165) is 18.9 Å². The third-order valence-electron chi connectivity index (χ3n) is 4.16. The lowest BCUT2D eigenvalue weighted by Gasteiger charge is -2.24. The van der Waals surface area contributed by atoms with Crippen LogP contribution in [-0.4, -0.2) is 36.5 Å². The number of hydrogen-bond acceptors (Lipinski definition) is 3. The minimum Gasteiger partial charge on any atom is -0.479 e. The number of unbranched alkanes of at least 4 members (excludes halogenated alkanes) is 2. The smallest absolute Gasteiger partial charge is 0.338 e. The van der Waals surface area contributed by atoms with E-state index >= 15 is 0 Å². The van der Waals surface area contributed by atoms with E-state index < -0.39 is 11.6 Å². The Bertz CT molecular complexity index is 269. The monoisotopic (exact) mass is 256 g/mol. The lowest BCUT2D eigenvalue weighted by Crippen LogP contribution is -2.25. The van der Waals surface area contributed by atoms with Crippen LogP contribution in [0.1, 0.15) is 51.4 Å². The van der Waals surface area contributed by atoms with E-state index in [2.05, 4.69) is 0 Å². The largest absolute Gasteiger partial charge is 0.479 e. The molecule has 0 radical (unpaired) electrons. The summed E-state index contributed by atoms with van der Waals surface area (Å²) in [7, 11) is 0. The number of carbonyl (C=O) groups is 1. The van der Waals surface area contributed by atoms with Crippen molar-refractivity contribution in [2.24, 2.45) is 5.92 Å². The van der Waals surface area contributed by atoms with E-state index in [4.69, 9.17) is 14.6 Å². The van der Waals surface area contributed by atoms with Gasteiger partial charge in [-0.05, 0) is 12.3 Å². The van der Waals surface area contributed by atoms with E-state index in [0.29, 0.717) is 19.6 Å². The molecule has 2 aliphatic rings. The lowest BCUT2D eigenvalue weighted by molar-refractivity contribution is -0.144. The predicted octanol–water partition coefficient (Wildman–Crippen LogP) is 2.61. The summed E-state index contributed by atoms with van der Waals surface area (Å²) in [5.41, 5.74) is -0.912. The summed E-state index contributed by atoms with van der Waals surface area (Å²) in [6.45, 7) is 1.59. The normalized spacial score (nSPS) is 26.9. The first kappa shape index (κ1) is 13.8. The molecule has 1 heterocycles. The Morgan fingerprint density at radius 1 is 1.28 bits per heavy atom. The van der Waals surface area contributed by atoms with Gasteiger partial charge in [-0.25, -0.2) is 4.79 Å². The van der Waals surface area contributed by atoms with Gasteiger partial charge in [0.15, 0.2) is 5.60 Å². The summed E-state index contributed by atoms with van der Waals surface area (Å²) in [6.07, 6.45) is 9.81. The highest BCUT2D eigenvalue weighted by Crippen LogP contribution is 2.31. The highest BCUT2D eigenvalue weighted by Gasteiger charge is 2.52. The molecule has 0 aromatic rings. The number of aliphatic carboxylic acids is 1. The zero-order valence-electron chi connectivity index (χ0n) is 11.0. The van der Waals surface area contributed by atoms with Crippen LogP contribution in [0.3, 0.4) is 0 Å². The van der Waals surface area contributed by atoms with Crippen LogP contribution in [-0.2, 0) is 14.3 Å². The molecule has 0 bridgehead atoms. The highest BCUT2D eigenvalue weighted by atomic mass is 16.6. The van der Waals surface area contributed by atoms with Crippen LogP contribution in [0, 0.1) is 5.92 Å². The molecule has 1 atom stereocenters. The molecule has 1 saturated heterocycles. The number of rotatable bonds is 10. The first-order chi connectivity index (χ1) is 8.73. The average Bonchev–Trinajstić information content (AvgIpc) is 3.05. The number of carboxylic acid groups (broad SMARTS) is 1. The molecule has 104 valence electrons. The van der Waals surface area contributed by atoms with E-state index in [1.54, 1.807) is 0 Å². The van der Waals surface area contributed by atoms with Crippen molar-refractivity contribution in [3.63, 3.8) is 0 Å². The van der Waals surface area contributed by atoms with E-state index in [-0.39, 0.29) is 0 Å². The molecule has 4 heteroatoms. The van der Waals surface area contributed by atoms with Gasteiger partial charge in [0.2, 0.25) is 0 Å². The highest BCUT2D eigenvalue weighted by molar-refractivity contribution is 5.80. The Kier molecular flexibility index (Phi) is 5.01. The van der Waals surface area contributed by atoms with Gasteiger partial charge in [0.1, 0.15) is 0 Å². The molecule has 18 heavy (non-hydrogen) atoms. The SMILES string of the molecule is O=C(O)C1(CCOCCCCCC2CCC2)CO1. The summed E-state index contributed by atoms with van der Waals surface area (Å²) >= 11 is 0. The van der Waals surface area contributed by atoms with Crippen LogP contribution in [0.25, 0.3) is 0 Å². The van der Waals surface area contributed by atoms with Crippen molar-refractivity contribution in [2.75, 3.05) is 19.8 Å². The molecule has 1 unspecified atom stereocenters. The van der Waals surface area contributed by atoms with Gasteiger partial charge in [-0.1, -0.05) is 38.5 Å². The first-order valence-electron chi connectivity index (χ1n) is 7.18. The fourth-order valence-electron chi connectivity index (χ4n) is 2.40. The van der Waals surface area contributed by atoms with Gasteiger partial charge in [-0.2, -0.15) is 0 Å². The Morgan fingerprint density at radius 3 is 2.61 bits per heavy atom. The van der Waals surface area contributed by atoms with E-state index in [1.807, 2.05) is 0 Å². The summed E-state index contributed by atoms with van der Waals surface area (Å²) in [5.74, 6) is 0.153. The van der Waals surface area contributed by atoms with Crippen LogP contribution in [0.2, 0.25) is 0 Å². The molecule has 0 spiro atoms. The van der Waals surface area contributed by atoms with Crippen LogP contribution >= 0.6 is 0 Å². The van der Waals surface area contributed by atoms with Crippen LogP contribution < -0.4 is 0 Å². The second kappa shape index (κ2) is 6.53. The van der Waals surface area contributed by atoms with Gasteiger partial charge in [-0.3, -0.25) is 0 Å². The second-order valence-corrected chi connectivity index (χ2v) is 5.60. The van der Waals surface area contributed by atoms with Gasteiger partial charge >= 0.3 is 5.97 Å². The van der Waals surface area contributed by atoms with Gasteiger partial charge in [0.05, 0.1) is 6.61 Å². The third kappa shape index (κ3) is 3.95. The van der Waals surface area contributed by atoms with Crippen molar-refractivity contribution in [1.82, 2.24) is 0 Å². The maximum atomic E-state index is 10.8. The van der Waals surface area contributed by atoms with Crippen molar-refractivity contribution in [3.05, 3.63) is 0 Å². The molecule has 1 saturated carbocycles. The summed E-state index contributed by atoms with van der Waals surface area (Å²) in [5, 5.41) is 8.88. The van der Waals surface area contributed by atoms with Gasteiger partial charge in [0, 0.05) is 19.6 Å². The molecule has 0 aromatic carbocycles. The molecular formula is C14H24O4. The number of hydrogen-bond donors (Lipinski definition) is 1. The standard InChI is InChI=1S/C14H24O4/c15-13(16)14(11-18-14)8-10-17-9-3-1-2-5-12-6-4-7-12/h12H,1-11H2,(H,15,16). The molecular weight excluding hydrogens is 232 g/mol. The Morgan fingerprint density at radius 2 is 2.06 bits per heavy atom. The third-order valence-corrected chi connectivity index (χ3v) is 4.16. The summed E-state index contributed by atoms with van der Waals surface area (Å²) in [4.78, 5) is 10.8. The number of epoxide rings is 1. The molecule has 2 fully saturated rings. The van der Waals surface area contributed by atoms with Crippen LogP contribution in [0.5, 0.6) is 0 Å². The van der Waals surface area contributed by atoms with Crippen LogP contribution in [0.4, 0.5) is 0 Å². The maximum absolute atomic E-state index is 10.8. The quantitative estimate of drug-likeness (QED) is 0.482. The summed E-state index contributed by atoms with van der Waals surface area (Å²) in [6, 6.07) is 0. The maximum Gasteiger partial charge on any atom is 0.338 e. The van der Waals surface area contributed by atoms with Gasteiger partial charge < -0.3 is 14.6 Å². The lowest BCUT2D eigenvalue weighted by atomic mass is 9.82. The predicted molar refractivity (Wildman–Crippen MR) is 67.6 cm³/mol. The average molecular weight is 256 g/mol. The zero-order chi connectivity index (χ0) is 12.8. The fourth-order valence-corrected chi connectivity index (χ4v) is 2.40. The van der Waals surface area contributed by atoms with E-state index in [9.17, 15) is 4.79 Å². The van der Waals surface area contributed by atoms with Crippen molar-refractivity contribution in [3.8, 4) is 0 Å². The zero-order valence-corrected chi connectivity index (χ0v) is 11.0. The topological polar surface area (TPSA) is 59.1 Å². The van der Waals surface area contributed by atoms with Gasteiger partial charge in [0.25, 0.3) is 0 Å². The molecule has 0 aromatic heterocycles. The minimum atomic E-state index is -0.912. The number of ether oxygens (including phenoxy) is 2. The second-order valence-electron chi connectivity index (χ2n) is 5.60. The molecule has 1 N–H and O–H groups in total. The van der Waals surface area contributed by atoms with Crippen molar-refractivity contribution in [2.45, 2.75) is 57.0 Å². The molecule has 2 rings (SSSR count). The van der Waals surface area contributed by atoms with Crippen molar-refractivity contribution < 1.29 is 19.4 Å². The summed E-state index contributed by atoms with van der Waals surface area (Å²) < 4.78 is 10.4. The Labute approximate surface area is 109 Å². The van der Waals surface area contributed by atoms with Crippen LogP contribution in [0.15, 0.2) is 0 Å². The molecule has 0 amide bonds.